The number of nitrogens with zero attached hydrogens (tertiary/aromatic N) is 3. The highest BCUT2D eigenvalue weighted by Crippen LogP contribution is 2.31. The molecular weight excluding hydrogens is 344 g/mol. The molecule has 5 heteroatoms. The number of halogens is 1. The van der Waals surface area contributed by atoms with Crippen LogP contribution in [0.5, 0.6) is 0 Å². The number of fused-ring (bicyclic) bond motifs is 1. The first kappa shape index (κ1) is 16.5. The van der Waals surface area contributed by atoms with Gasteiger partial charge in [0, 0.05) is 35.4 Å². The molecule has 0 radical (unpaired) electrons. The van der Waals surface area contributed by atoms with Gasteiger partial charge in [-0.1, -0.05) is 23.7 Å². The van der Waals surface area contributed by atoms with Gasteiger partial charge >= 0.3 is 0 Å². The van der Waals surface area contributed by atoms with Crippen LogP contribution >= 0.6 is 11.6 Å². The minimum atomic E-state index is 0.654. The summed E-state index contributed by atoms with van der Waals surface area (Å²) >= 11 is 6.22. The molecule has 0 saturated heterocycles. The molecule has 0 spiro atoms. The van der Waals surface area contributed by atoms with E-state index < -0.39 is 0 Å². The summed E-state index contributed by atoms with van der Waals surface area (Å²) in [4.78, 5) is 13.5. The number of benzene rings is 2. The van der Waals surface area contributed by atoms with E-state index in [1.54, 1.807) is 12.4 Å². The van der Waals surface area contributed by atoms with E-state index in [0.717, 1.165) is 44.0 Å². The Hall–Kier alpha value is -2.98. The van der Waals surface area contributed by atoms with Crippen molar-refractivity contribution in [2.45, 2.75) is 6.92 Å². The summed E-state index contributed by atoms with van der Waals surface area (Å²) < 4.78 is 0. The van der Waals surface area contributed by atoms with Crippen molar-refractivity contribution in [3.8, 4) is 22.5 Å². The van der Waals surface area contributed by atoms with Gasteiger partial charge in [0.2, 0.25) is 0 Å². The molecule has 26 heavy (non-hydrogen) atoms. The second-order valence-corrected chi connectivity index (χ2v) is 6.57. The van der Waals surface area contributed by atoms with Gasteiger partial charge in [-0.05, 0) is 60.0 Å². The smallest absolute Gasteiger partial charge is 0.163 e. The van der Waals surface area contributed by atoms with E-state index in [1.807, 2.05) is 44.3 Å². The van der Waals surface area contributed by atoms with E-state index in [4.69, 9.17) is 16.6 Å². The Kier molecular flexibility index (Phi) is 4.27. The molecule has 4 rings (SSSR count). The van der Waals surface area contributed by atoms with E-state index >= 15 is 0 Å². The molecule has 1 N–H and O–H groups in total. The van der Waals surface area contributed by atoms with Crippen molar-refractivity contribution in [1.82, 2.24) is 15.0 Å². The first-order valence-electron chi connectivity index (χ1n) is 8.31. The molecule has 2 aromatic carbocycles. The van der Waals surface area contributed by atoms with E-state index in [9.17, 15) is 0 Å². The molecule has 0 aliphatic rings. The van der Waals surface area contributed by atoms with E-state index in [1.165, 1.54) is 0 Å². The molecule has 0 saturated carbocycles. The van der Waals surface area contributed by atoms with Crippen molar-refractivity contribution in [2.75, 3.05) is 12.4 Å². The Morgan fingerprint density at radius 1 is 0.923 bits per heavy atom. The maximum Gasteiger partial charge on any atom is 0.163 e. The van der Waals surface area contributed by atoms with Gasteiger partial charge in [0.1, 0.15) is 5.82 Å². The van der Waals surface area contributed by atoms with Crippen LogP contribution in [0.2, 0.25) is 5.02 Å². The summed E-state index contributed by atoms with van der Waals surface area (Å²) in [5, 5.41) is 4.89. The van der Waals surface area contributed by atoms with Crippen LogP contribution in [0.15, 0.2) is 60.9 Å². The summed E-state index contributed by atoms with van der Waals surface area (Å²) in [5.74, 6) is 1.44. The van der Waals surface area contributed by atoms with Crippen LogP contribution in [0.1, 0.15) is 5.56 Å². The molecule has 4 nitrogen and oxygen atoms in total. The SMILES string of the molecule is CNc1nc(-c2cccnc2)nc2ccc(-c3cc(C)cc(Cl)c3)cc12. The largest absolute Gasteiger partial charge is 0.373 e. The molecule has 2 heterocycles. The van der Waals surface area contributed by atoms with E-state index in [-0.39, 0.29) is 0 Å². The topological polar surface area (TPSA) is 50.7 Å². The monoisotopic (exact) mass is 360 g/mol. The van der Waals surface area contributed by atoms with Crippen LogP contribution in [0.25, 0.3) is 33.4 Å². The second kappa shape index (κ2) is 6.73. The Bertz CT molecular complexity index is 1070. The fourth-order valence-electron chi connectivity index (χ4n) is 3.03. The second-order valence-electron chi connectivity index (χ2n) is 6.14. The lowest BCUT2D eigenvalue weighted by molar-refractivity contribution is 1.20. The van der Waals surface area contributed by atoms with Crippen molar-refractivity contribution in [1.29, 1.82) is 0 Å². The molecule has 128 valence electrons. The summed E-state index contributed by atoms with van der Waals surface area (Å²) in [6.07, 6.45) is 3.51. The summed E-state index contributed by atoms with van der Waals surface area (Å²) in [6.45, 7) is 2.04. The number of rotatable bonds is 3. The van der Waals surface area contributed by atoms with Gasteiger partial charge < -0.3 is 5.32 Å². The number of anilines is 1. The fourth-order valence-corrected chi connectivity index (χ4v) is 3.32. The number of nitrogens with one attached hydrogen (secondary N) is 1. The average molecular weight is 361 g/mol. The third kappa shape index (κ3) is 3.11. The van der Waals surface area contributed by atoms with Crippen LogP contribution in [0.4, 0.5) is 5.82 Å². The summed E-state index contributed by atoms with van der Waals surface area (Å²) in [5.41, 5.74) is 5.06. The van der Waals surface area contributed by atoms with Gasteiger partial charge in [0.15, 0.2) is 5.82 Å². The first-order chi connectivity index (χ1) is 12.6. The molecule has 0 aliphatic carbocycles. The zero-order valence-electron chi connectivity index (χ0n) is 14.5. The number of hydrogen-bond acceptors (Lipinski definition) is 4. The number of hydrogen-bond donors (Lipinski definition) is 1. The van der Waals surface area contributed by atoms with E-state index in [2.05, 4.69) is 33.5 Å². The van der Waals surface area contributed by atoms with Crippen molar-refractivity contribution >= 4 is 28.3 Å². The average Bonchev–Trinajstić information content (AvgIpc) is 2.66. The highest BCUT2D eigenvalue weighted by atomic mass is 35.5. The van der Waals surface area contributed by atoms with Crippen molar-refractivity contribution in [3.05, 3.63) is 71.5 Å². The quantitative estimate of drug-likeness (QED) is 0.534. The van der Waals surface area contributed by atoms with Crippen LogP contribution in [-0.4, -0.2) is 22.0 Å². The maximum absolute atomic E-state index is 6.22. The summed E-state index contributed by atoms with van der Waals surface area (Å²) in [6, 6.07) is 16.1. The number of pyridine rings is 1. The van der Waals surface area contributed by atoms with Crippen molar-refractivity contribution in [3.63, 3.8) is 0 Å². The lowest BCUT2D eigenvalue weighted by atomic mass is 10.0. The minimum Gasteiger partial charge on any atom is -0.373 e. The van der Waals surface area contributed by atoms with Gasteiger partial charge in [-0.3, -0.25) is 4.98 Å². The number of aromatic nitrogens is 3. The lowest BCUT2D eigenvalue weighted by Crippen LogP contribution is -1.99. The standard InChI is InChI=1S/C21H17ClN4/c1-13-8-16(10-17(22)9-13)14-5-6-19-18(11-14)21(23-2)26-20(25-19)15-4-3-7-24-12-15/h3-12H,1-2H3,(H,23,25,26). The fraction of sp³-hybridized carbons (Fsp3) is 0.0952. The zero-order valence-corrected chi connectivity index (χ0v) is 15.2. The molecule has 4 aromatic rings. The molecular formula is C21H17ClN4. The van der Waals surface area contributed by atoms with Crippen molar-refractivity contribution in [2.24, 2.45) is 0 Å². The molecule has 2 aromatic heterocycles. The minimum absolute atomic E-state index is 0.654. The van der Waals surface area contributed by atoms with Crippen molar-refractivity contribution < 1.29 is 0 Å². The molecule has 0 amide bonds. The van der Waals surface area contributed by atoms with Crippen LogP contribution in [-0.2, 0) is 0 Å². The Labute approximate surface area is 156 Å². The molecule has 0 bridgehead atoms. The van der Waals surface area contributed by atoms with Crippen LogP contribution in [0.3, 0.4) is 0 Å². The van der Waals surface area contributed by atoms with Gasteiger partial charge in [-0.15, -0.1) is 0 Å². The van der Waals surface area contributed by atoms with Gasteiger partial charge in [-0.25, -0.2) is 9.97 Å². The third-order valence-corrected chi connectivity index (χ3v) is 4.45. The molecule has 0 fully saturated rings. The Morgan fingerprint density at radius 2 is 1.81 bits per heavy atom. The number of aryl methyl sites for hydroxylation is 1. The maximum atomic E-state index is 6.22. The molecule has 0 atom stereocenters. The first-order valence-corrected chi connectivity index (χ1v) is 8.69. The Balaban J connectivity index is 1.88. The predicted octanol–water partition coefficient (Wildman–Crippen LogP) is 5.36. The van der Waals surface area contributed by atoms with Gasteiger partial charge in [0.05, 0.1) is 5.52 Å². The predicted molar refractivity (Wildman–Crippen MR) is 107 cm³/mol. The molecule has 0 aliphatic heterocycles. The molecule has 0 unspecified atom stereocenters. The van der Waals surface area contributed by atoms with Crippen LogP contribution < -0.4 is 5.32 Å². The summed E-state index contributed by atoms with van der Waals surface area (Å²) in [7, 11) is 1.87. The Morgan fingerprint density at radius 3 is 2.54 bits per heavy atom. The normalized spacial score (nSPS) is 10.9. The van der Waals surface area contributed by atoms with Gasteiger partial charge in [0.25, 0.3) is 0 Å². The highest BCUT2D eigenvalue weighted by molar-refractivity contribution is 6.31. The highest BCUT2D eigenvalue weighted by Gasteiger charge is 2.10. The zero-order chi connectivity index (χ0) is 18.1. The van der Waals surface area contributed by atoms with E-state index in [0.29, 0.717) is 5.82 Å². The third-order valence-electron chi connectivity index (χ3n) is 4.23. The van der Waals surface area contributed by atoms with Gasteiger partial charge in [-0.2, -0.15) is 0 Å². The van der Waals surface area contributed by atoms with Crippen LogP contribution in [0, 0.1) is 6.92 Å². The lowest BCUT2D eigenvalue weighted by Gasteiger charge is -2.11.